The Morgan fingerprint density at radius 1 is 1.17 bits per heavy atom. The first-order chi connectivity index (χ1) is 13.9. The van der Waals surface area contributed by atoms with Crippen LogP contribution in [0.1, 0.15) is 39.3 Å². The first-order valence-corrected chi connectivity index (χ1v) is 8.94. The molecule has 1 aromatic carbocycles. The summed E-state index contributed by atoms with van der Waals surface area (Å²) in [5.74, 6) is -0.492. The lowest BCUT2D eigenvalue weighted by atomic mass is 10.1. The molecule has 0 aliphatic carbocycles. The normalized spacial score (nSPS) is 11.3. The molecule has 0 saturated carbocycles. The number of amides is 1. The van der Waals surface area contributed by atoms with E-state index < -0.39 is 12.3 Å². The number of nitrogens with one attached hydrogen (secondary N) is 1. The van der Waals surface area contributed by atoms with Crippen molar-refractivity contribution in [2.45, 2.75) is 26.8 Å². The molecule has 0 bridgehead atoms. The summed E-state index contributed by atoms with van der Waals surface area (Å²) in [6, 6.07) is 9.22. The molecule has 3 heterocycles. The summed E-state index contributed by atoms with van der Waals surface area (Å²) in [5, 5.41) is 10.9. The Hall–Kier alpha value is -3.62. The van der Waals surface area contributed by atoms with Crippen LogP contribution < -0.4 is 5.32 Å². The zero-order valence-corrected chi connectivity index (χ0v) is 15.8. The molecule has 4 aromatic rings. The van der Waals surface area contributed by atoms with E-state index in [1.807, 2.05) is 31.2 Å². The van der Waals surface area contributed by atoms with E-state index in [1.54, 1.807) is 17.8 Å². The van der Waals surface area contributed by atoms with E-state index in [1.165, 1.54) is 18.5 Å². The number of aromatic nitrogens is 5. The highest BCUT2D eigenvalue weighted by atomic mass is 19.3. The van der Waals surface area contributed by atoms with E-state index >= 15 is 0 Å². The molecule has 1 N–H and O–H groups in total. The molecule has 0 fully saturated rings. The average molecular weight is 396 g/mol. The van der Waals surface area contributed by atoms with Crippen molar-refractivity contribution in [3.05, 3.63) is 77.0 Å². The van der Waals surface area contributed by atoms with Crippen LogP contribution in [0.4, 0.5) is 14.5 Å². The fraction of sp³-hybridized carbons (Fsp3) is 0.200. The Balaban J connectivity index is 1.56. The maximum absolute atomic E-state index is 13.2. The number of anilines is 1. The lowest BCUT2D eigenvalue weighted by Gasteiger charge is -2.06. The molecule has 9 heteroatoms. The Kier molecular flexibility index (Phi) is 4.79. The highest BCUT2D eigenvalue weighted by Crippen LogP contribution is 2.22. The van der Waals surface area contributed by atoms with E-state index in [0.29, 0.717) is 17.9 Å². The Bertz CT molecular complexity index is 1200. The highest BCUT2D eigenvalue weighted by molar-refractivity contribution is 6.08. The van der Waals surface area contributed by atoms with Gasteiger partial charge in [0.05, 0.1) is 24.6 Å². The smallest absolute Gasteiger partial charge is 0.280 e. The number of halogens is 2. The lowest BCUT2D eigenvalue weighted by Crippen LogP contribution is -2.12. The van der Waals surface area contributed by atoms with Crippen molar-refractivity contribution in [3.8, 4) is 0 Å². The predicted octanol–water partition coefficient (Wildman–Crippen LogP) is 3.78. The first kappa shape index (κ1) is 18.7. The van der Waals surface area contributed by atoms with Gasteiger partial charge in [0.1, 0.15) is 11.3 Å². The number of aryl methyl sites for hydroxylation is 2. The van der Waals surface area contributed by atoms with Crippen LogP contribution in [0.5, 0.6) is 0 Å². The van der Waals surface area contributed by atoms with Crippen molar-refractivity contribution in [3.63, 3.8) is 0 Å². The molecule has 4 rings (SSSR count). The van der Waals surface area contributed by atoms with Gasteiger partial charge in [-0.25, -0.2) is 18.3 Å². The zero-order valence-electron chi connectivity index (χ0n) is 15.8. The molecule has 7 nitrogen and oxygen atoms in total. The van der Waals surface area contributed by atoms with Crippen molar-refractivity contribution in [2.75, 3.05) is 5.32 Å². The Morgan fingerprint density at radius 2 is 1.97 bits per heavy atom. The number of fused-ring (bicyclic) bond motifs is 1. The second-order valence-corrected chi connectivity index (χ2v) is 6.72. The number of hydrogen-bond acceptors (Lipinski definition) is 4. The third-order valence-electron chi connectivity index (χ3n) is 4.58. The Morgan fingerprint density at radius 3 is 2.72 bits per heavy atom. The van der Waals surface area contributed by atoms with Crippen LogP contribution >= 0.6 is 0 Å². The minimum absolute atomic E-state index is 0.0881. The van der Waals surface area contributed by atoms with Crippen LogP contribution in [0.2, 0.25) is 0 Å². The topological polar surface area (TPSA) is 77.1 Å². The monoisotopic (exact) mass is 396 g/mol. The number of alkyl halides is 2. The minimum atomic E-state index is -2.73. The van der Waals surface area contributed by atoms with Crippen molar-refractivity contribution >= 4 is 17.2 Å². The number of carbonyl (C=O) groups is 1. The summed E-state index contributed by atoms with van der Waals surface area (Å²) >= 11 is 0. The summed E-state index contributed by atoms with van der Waals surface area (Å²) in [5.41, 5.74) is 3.04. The van der Waals surface area contributed by atoms with Gasteiger partial charge in [0, 0.05) is 11.9 Å². The third-order valence-corrected chi connectivity index (χ3v) is 4.58. The second-order valence-electron chi connectivity index (χ2n) is 6.72. The van der Waals surface area contributed by atoms with Gasteiger partial charge >= 0.3 is 0 Å². The van der Waals surface area contributed by atoms with Crippen LogP contribution in [0.15, 0.2) is 48.9 Å². The predicted molar refractivity (Wildman–Crippen MR) is 103 cm³/mol. The van der Waals surface area contributed by atoms with E-state index in [0.717, 1.165) is 15.6 Å². The maximum Gasteiger partial charge on any atom is 0.280 e. The fourth-order valence-corrected chi connectivity index (χ4v) is 3.10. The number of rotatable bonds is 5. The number of benzene rings is 1. The highest BCUT2D eigenvalue weighted by Gasteiger charge is 2.20. The second kappa shape index (κ2) is 7.42. The summed E-state index contributed by atoms with van der Waals surface area (Å²) in [6.07, 6.45) is 1.75. The van der Waals surface area contributed by atoms with Crippen LogP contribution in [0.3, 0.4) is 0 Å². The molecule has 0 unspecified atom stereocenters. The summed E-state index contributed by atoms with van der Waals surface area (Å²) in [6.45, 7) is 4.18. The van der Waals surface area contributed by atoms with Gasteiger partial charge in [-0.15, -0.1) is 0 Å². The van der Waals surface area contributed by atoms with Crippen LogP contribution in [-0.4, -0.2) is 30.3 Å². The average Bonchev–Trinajstić information content (AvgIpc) is 3.29. The van der Waals surface area contributed by atoms with Gasteiger partial charge < -0.3 is 5.32 Å². The molecule has 1 amide bonds. The summed E-state index contributed by atoms with van der Waals surface area (Å²) in [7, 11) is 0. The van der Waals surface area contributed by atoms with E-state index in [9.17, 15) is 13.6 Å². The minimum Gasteiger partial charge on any atom is -0.319 e. The SMILES string of the molecule is Cc1cc(C(F)F)n2ncc(C(=O)Nc3cnn(Cc4ccccc4C)c3)c2n1. The van der Waals surface area contributed by atoms with Crippen LogP contribution in [0.25, 0.3) is 5.65 Å². The van der Waals surface area contributed by atoms with Crippen molar-refractivity contribution in [1.29, 1.82) is 0 Å². The van der Waals surface area contributed by atoms with Crippen LogP contribution in [-0.2, 0) is 6.54 Å². The standard InChI is InChI=1S/C20H18F2N6O/c1-12-5-3-4-6-14(12)10-27-11-15(8-23-27)26-20(29)16-9-24-28-17(18(21)22)7-13(2)25-19(16)28/h3-9,11,18H,10H2,1-2H3,(H,26,29). The van der Waals surface area contributed by atoms with Crippen molar-refractivity contribution in [2.24, 2.45) is 0 Å². The van der Waals surface area contributed by atoms with E-state index in [4.69, 9.17) is 0 Å². The van der Waals surface area contributed by atoms with Crippen molar-refractivity contribution < 1.29 is 13.6 Å². The van der Waals surface area contributed by atoms with Gasteiger partial charge in [-0.1, -0.05) is 24.3 Å². The van der Waals surface area contributed by atoms with Gasteiger partial charge in [-0.3, -0.25) is 9.48 Å². The molecule has 29 heavy (non-hydrogen) atoms. The Labute approximate surface area is 165 Å². The van der Waals surface area contributed by atoms with E-state index in [-0.39, 0.29) is 16.9 Å². The molecule has 0 aliphatic heterocycles. The van der Waals surface area contributed by atoms with Crippen molar-refractivity contribution in [1.82, 2.24) is 24.4 Å². The fourth-order valence-electron chi connectivity index (χ4n) is 3.10. The molecule has 0 spiro atoms. The van der Waals surface area contributed by atoms with Gasteiger partial charge in [0.2, 0.25) is 0 Å². The number of nitrogens with zero attached hydrogens (tertiary/aromatic N) is 5. The summed E-state index contributed by atoms with van der Waals surface area (Å²) < 4.78 is 29.2. The van der Waals surface area contributed by atoms with Gasteiger partial charge in [0.15, 0.2) is 5.65 Å². The van der Waals surface area contributed by atoms with Gasteiger partial charge in [-0.2, -0.15) is 10.2 Å². The first-order valence-electron chi connectivity index (χ1n) is 8.94. The maximum atomic E-state index is 13.2. The molecule has 0 aliphatic rings. The molecule has 0 atom stereocenters. The van der Waals surface area contributed by atoms with Gasteiger partial charge in [0.25, 0.3) is 12.3 Å². The molecule has 3 aromatic heterocycles. The molecule has 0 radical (unpaired) electrons. The number of hydrogen-bond donors (Lipinski definition) is 1. The molecule has 0 saturated heterocycles. The summed E-state index contributed by atoms with van der Waals surface area (Å²) in [4.78, 5) is 16.9. The van der Waals surface area contributed by atoms with Gasteiger partial charge in [-0.05, 0) is 31.0 Å². The quantitative estimate of drug-likeness (QED) is 0.557. The number of carbonyl (C=O) groups excluding carboxylic acids is 1. The lowest BCUT2D eigenvalue weighted by molar-refractivity contribution is 0.102. The largest absolute Gasteiger partial charge is 0.319 e. The van der Waals surface area contributed by atoms with Crippen LogP contribution in [0, 0.1) is 13.8 Å². The molecular formula is C20H18F2N6O. The molecular weight excluding hydrogens is 378 g/mol. The van der Waals surface area contributed by atoms with E-state index in [2.05, 4.69) is 20.5 Å². The zero-order chi connectivity index (χ0) is 20.5. The molecule has 148 valence electrons. The third kappa shape index (κ3) is 3.71.